The molecule has 9 heteroatoms. The number of carbonyl (C=O) groups is 1. The SMILES string of the molecule is Nc1ccc(F)c([C@@]2(C(F)F)N=C(NC(=O)O)O[C@@H]3C[C@@H]32)c1. The number of nitrogens with zero attached hydrogens (tertiary/aromatic N) is 1. The Morgan fingerprint density at radius 3 is 2.91 bits per heavy atom. The number of rotatable bonds is 2. The number of nitrogens with one attached hydrogen (secondary N) is 1. The van der Waals surface area contributed by atoms with Crippen molar-refractivity contribution in [3.8, 4) is 0 Å². The zero-order valence-corrected chi connectivity index (χ0v) is 11.1. The van der Waals surface area contributed by atoms with Gasteiger partial charge in [-0.15, -0.1) is 0 Å². The molecule has 0 radical (unpaired) electrons. The minimum Gasteiger partial charge on any atom is -0.465 e. The van der Waals surface area contributed by atoms with Crippen LogP contribution in [0.1, 0.15) is 12.0 Å². The summed E-state index contributed by atoms with van der Waals surface area (Å²) in [6.45, 7) is 0. The third kappa shape index (κ3) is 2.13. The number of fused-ring (bicyclic) bond motifs is 1. The first-order valence-corrected chi connectivity index (χ1v) is 6.44. The number of hydrogen-bond acceptors (Lipinski definition) is 4. The van der Waals surface area contributed by atoms with Crippen LogP contribution in [-0.4, -0.2) is 29.8 Å². The fraction of sp³-hybridized carbons (Fsp3) is 0.385. The normalized spacial score (nSPS) is 29.4. The Labute approximate surface area is 122 Å². The van der Waals surface area contributed by atoms with Gasteiger partial charge in [-0.05, 0) is 24.6 Å². The molecule has 1 aliphatic heterocycles. The topological polar surface area (TPSA) is 96.9 Å². The lowest BCUT2D eigenvalue weighted by atomic mass is 9.84. The quantitative estimate of drug-likeness (QED) is 0.726. The lowest BCUT2D eigenvalue weighted by molar-refractivity contribution is 0.0167. The van der Waals surface area contributed by atoms with E-state index >= 15 is 0 Å². The molecule has 1 amide bonds. The zero-order chi connectivity index (χ0) is 16.1. The van der Waals surface area contributed by atoms with Crippen molar-refractivity contribution in [1.82, 2.24) is 5.32 Å². The van der Waals surface area contributed by atoms with E-state index in [2.05, 4.69) is 4.99 Å². The summed E-state index contributed by atoms with van der Waals surface area (Å²) >= 11 is 0. The van der Waals surface area contributed by atoms with Gasteiger partial charge in [-0.25, -0.2) is 28.3 Å². The van der Waals surface area contributed by atoms with Crippen LogP contribution in [0.2, 0.25) is 0 Å². The van der Waals surface area contributed by atoms with E-state index in [9.17, 15) is 18.0 Å². The summed E-state index contributed by atoms with van der Waals surface area (Å²) in [6.07, 6.45) is -4.95. The number of nitrogens with two attached hydrogens (primary N) is 1. The molecule has 2 aliphatic rings. The highest BCUT2D eigenvalue weighted by Gasteiger charge is 2.64. The third-order valence-electron chi connectivity index (χ3n) is 3.82. The predicted octanol–water partition coefficient (Wildman–Crippen LogP) is 1.91. The maximum Gasteiger partial charge on any atom is 0.412 e. The molecule has 3 atom stereocenters. The molecule has 0 aromatic heterocycles. The first kappa shape index (κ1) is 14.5. The molecule has 0 spiro atoms. The Kier molecular flexibility index (Phi) is 3.15. The number of hydrogen-bond donors (Lipinski definition) is 3. The van der Waals surface area contributed by atoms with Crippen molar-refractivity contribution in [3.05, 3.63) is 29.6 Å². The number of aliphatic imine (C=N–C) groups is 1. The van der Waals surface area contributed by atoms with Gasteiger partial charge in [0.2, 0.25) is 0 Å². The number of ether oxygens (including phenoxy) is 1. The summed E-state index contributed by atoms with van der Waals surface area (Å²) in [5.74, 6) is -1.61. The minimum absolute atomic E-state index is 0.114. The zero-order valence-electron chi connectivity index (χ0n) is 11.1. The fourth-order valence-electron chi connectivity index (χ4n) is 2.77. The number of nitrogen functional groups attached to an aromatic ring is 1. The van der Waals surface area contributed by atoms with Crippen molar-refractivity contribution in [2.75, 3.05) is 5.73 Å². The molecule has 118 valence electrons. The van der Waals surface area contributed by atoms with E-state index in [1.165, 1.54) is 6.07 Å². The molecule has 0 unspecified atom stereocenters. The second-order valence-electron chi connectivity index (χ2n) is 5.21. The van der Waals surface area contributed by atoms with Crippen LogP contribution in [0, 0.1) is 11.7 Å². The molecule has 3 rings (SSSR count). The average molecular weight is 315 g/mol. The number of benzene rings is 1. The van der Waals surface area contributed by atoms with E-state index in [1.54, 1.807) is 0 Å². The van der Waals surface area contributed by atoms with E-state index in [4.69, 9.17) is 15.6 Å². The van der Waals surface area contributed by atoms with Gasteiger partial charge >= 0.3 is 6.09 Å². The van der Waals surface area contributed by atoms with Crippen molar-refractivity contribution in [2.45, 2.75) is 24.5 Å². The van der Waals surface area contributed by atoms with Crippen LogP contribution in [0.25, 0.3) is 0 Å². The van der Waals surface area contributed by atoms with E-state index < -0.39 is 41.9 Å². The molecule has 1 aromatic rings. The molecule has 1 aromatic carbocycles. The predicted molar refractivity (Wildman–Crippen MR) is 70.1 cm³/mol. The number of anilines is 1. The van der Waals surface area contributed by atoms with Crippen LogP contribution in [-0.2, 0) is 10.3 Å². The van der Waals surface area contributed by atoms with Gasteiger partial charge in [0, 0.05) is 17.2 Å². The molecule has 1 saturated carbocycles. The summed E-state index contributed by atoms with van der Waals surface area (Å²) in [5, 5.41) is 10.5. The number of carboxylic acid groups (broad SMARTS) is 1. The molecule has 1 aliphatic carbocycles. The lowest BCUT2D eigenvalue weighted by Gasteiger charge is -2.33. The van der Waals surface area contributed by atoms with Gasteiger partial charge in [0.15, 0.2) is 5.54 Å². The highest BCUT2D eigenvalue weighted by atomic mass is 19.3. The van der Waals surface area contributed by atoms with Crippen molar-refractivity contribution in [2.24, 2.45) is 10.9 Å². The van der Waals surface area contributed by atoms with E-state index in [0.717, 1.165) is 12.1 Å². The molecular formula is C13H12F3N3O3. The Morgan fingerprint density at radius 2 is 2.27 bits per heavy atom. The van der Waals surface area contributed by atoms with Crippen LogP contribution in [0.15, 0.2) is 23.2 Å². The first-order valence-electron chi connectivity index (χ1n) is 6.44. The summed E-state index contributed by atoms with van der Waals surface area (Å²) in [7, 11) is 0. The number of amidine groups is 1. The van der Waals surface area contributed by atoms with Crippen LogP contribution < -0.4 is 11.1 Å². The van der Waals surface area contributed by atoms with Gasteiger partial charge in [-0.1, -0.05) is 0 Å². The molecule has 6 nitrogen and oxygen atoms in total. The van der Waals surface area contributed by atoms with Gasteiger partial charge in [-0.3, -0.25) is 0 Å². The highest BCUT2D eigenvalue weighted by molar-refractivity contribution is 5.90. The van der Waals surface area contributed by atoms with Gasteiger partial charge in [0.1, 0.15) is 11.9 Å². The van der Waals surface area contributed by atoms with Crippen LogP contribution in [0.3, 0.4) is 0 Å². The van der Waals surface area contributed by atoms with Gasteiger partial charge < -0.3 is 15.6 Å². The molecule has 4 N–H and O–H groups in total. The van der Waals surface area contributed by atoms with Crippen LogP contribution in [0.4, 0.5) is 23.7 Å². The largest absolute Gasteiger partial charge is 0.465 e. The van der Waals surface area contributed by atoms with Crippen LogP contribution in [0.5, 0.6) is 0 Å². The summed E-state index contributed by atoms with van der Waals surface area (Å²) in [4.78, 5) is 14.4. The molecule has 1 heterocycles. The molecule has 0 saturated heterocycles. The van der Waals surface area contributed by atoms with Crippen molar-refractivity contribution < 1.29 is 27.8 Å². The number of halogens is 3. The monoisotopic (exact) mass is 315 g/mol. The average Bonchev–Trinajstić information content (AvgIpc) is 3.19. The maximum atomic E-state index is 14.1. The van der Waals surface area contributed by atoms with Crippen LogP contribution >= 0.6 is 0 Å². The Bertz CT molecular complexity index is 667. The van der Waals surface area contributed by atoms with Crippen molar-refractivity contribution >= 4 is 17.8 Å². The maximum absolute atomic E-state index is 14.1. The van der Waals surface area contributed by atoms with Crippen molar-refractivity contribution in [1.29, 1.82) is 0 Å². The van der Waals surface area contributed by atoms with E-state index in [0.29, 0.717) is 0 Å². The van der Waals surface area contributed by atoms with E-state index in [-0.39, 0.29) is 17.7 Å². The summed E-state index contributed by atoms with van der Waals surface area (Å²) in [5.41, 5.74) is 3.11. The lowest BCUT2D eigenvalue weighted by Crippen LogP contribution is -2.45. The second kappa shape index (κ2) is 4.79. The Hall–Kier alpha value is -2.45. The van der Waals surface area contributed by atoms with Gasteiger partial charge in [0.05, 0.1) is 0 Å². The number of alkyl halides is 2. The summed E-state index contributed by atoms with van der Waals surface area (Å²) in [6, 6.07) is 2.78. The smallest absolute Gasteiger partial charge is 0.412 e. The van der Waals surface area contributed by atoms with Crippen molar-refractivity contribution in [3.63, 3.8) is 0 Å². The van der Waals surface area contributed by atoms with Gasteiger partial charge in [-0.2, -0.15) is 0 Å². The standard InChI is InChI=1S/C13H12F3N3O3/c14-8-2-1-5(17)3-6(8)13(10(15)16)7-4-9(7)22-11(19-13)18-12(20)21/h1-3,7,9-10H,4,17H2,(H,18,19)(H,20,21)/t7-,9+,13+/m0/s1. The first-order chi connectivity index (χ1) is 10.3. The molecule has 0 bridgehead atoms. The number of amides is 1. The minimum atomic E-state index is -3.05. The van der Waals surface area contributed by atoms with E-state index in [1.807, 2.05) is 5.32 Å². The molecular weight excluding hydrogens is 303 g/mol. The highest BCUT2D eigenvalue weighted by Crippen LogP contribution is 2.56. The fourth-order valence-corrected chi connectivity index (χ4v) is 2.77. The van der Waals surface area contributed by atoms with Gasteiger partial charge in [0.25, 0.3) is 12.4 Å². The summed E-state index contributed by atoms with van der Waals surface area (Å²) < 4.78 is 46.9. The third-order valence-corrected chi connectivity index (χ3v) is 3.82. The Morgan fingerprint density at radius 1 is 1.55 bits per heavy atom. The molecule has 1 fully saturated rings. The Balaban J connectivity index is 2.15. The second-order valence-corrected chi connectivity index (χ2v) is 5.21. The molecule has 22 heavy (non-hydrogen) atoms.